The minimum absolute atomic E-state index is 0.755. The molecule has 62 valence electrons. The molecule has 0 heterocycles. The second-order valence-corrected chi connectivity index (χ2v) is 2.85. The summed E-state index contributed by atoms with van der Waals surface area (Å²) in [4.78, 5) is 0. The molecule has 0 bridgehead atoms. The lowest BCUT2D eigenvalue weighted by Gasteiger charge is -2.07. The summed E-state index contributed by atoms with van der Waals surface area (Å²) in [5.41, 5.74) is 9.35. The SMILES string of the molecule is C=C(C)C(=C)c1ccccc1N. The molecule has 1 nitrogen and oxygen atoms in total. The first-order valence-electron chi connectivity index (χ1n) is 3.82. The number of rotatable bonds is 2. The molecule has 0 amide bonds. The van der Waals surface area contributed by atoms with Crippen LogP contribution >= 0.6 is 0 Å². The quantitative estimate of drug-likeness (QED) is 0.521. The van der Waals surface area contributed by atoms with E-state index in [0.29, 0.717) is 0 Å². The molecule has 0 aromatic heterocycles. The van der Waals surface area contributed by atoms with E-state index in [-0.39, 0.29) is 0 Å². The Morgan fingerprint density at radius 2 is 1.83 bits per heavy atom. The number of hydrogen-bond acceptors (Lipinski definition) is 1. The summed E-state index contributed by atoms with van der Waals surface area (Å²) in [6.07, 6.45) is 0. The molecule has 0 atom stereocenters. The van der Waals surface area contributed by atoms with Crippen molar-refractivity contribution in [1.82, 2.24) is 0 Å². The van der Waals surface area contributed by atoms with E-state index >= 15 is 0 Å². The molecule has 0 unspecified atom stereocenters. The van der Waals surface area contributed by atoms with Gasteiger partial charge in [0.25, 0.3) is 0 Å². The summed E-state index contributed by atoms with van der Waals surface area (Å²) < 4.78 is 0. The smallest absolute Gasteiger partial charge is 0.0393 e. The highest BCUT2D eigenvalue weighted by atomic mass is 14.6. The minimum atomic E-state index is 0.755. The number of hydrogen-bond donors (Lipinski definition) is 1. The van der Waals surface area contributed by atoms with Crippen LogP contribution in [0.4, 0.5) is 5.69 Å². The fourth-order valence-electron chi connectivity index (χ4n) is 1.00. The minimum Gasteiger partial charge on any atom is -0.398 e. The molecule has 0 radical (unpaired) electrons. The standard InChI is InChI=1S/C11H13N/c1-8(2)9(3)10-6-4-5-7-11(10)12/h4-7H,1,3,12H2,2H3. The average Bonchev–Trinajstić information content (AvgIpc) is 2.04. The van der Waals surface area contributed by atoms with Gasteiger partial charge in [-0.3, -0.25) is 0 Å². The van der Waals surface area contributed by atoms with E-state index in [0.717, 1.165) is 22.4 Å². The Labute approximate surface area is 73.2 Å². The van der Waals surface area contributed by atoms with Gasteiger partial charge in [0.15, 0.2) is 0 Å². The average molecular weight is 159 g/mol. The highest BCUT2D eigenvalue weighted by Gasteiger charge is 2.01. The summed E-state index contributed by atoms with van der Waals surface area (Å²) in [7, 11) is 0. The van der Waals surface area contributed by atoms with Crippen molar-refractivity contribution in [2.75, 3.05) is 5.73 Å². The number of allylic oxidation sites excluding steroid dienone is 2. The van der Waals surface area contributed by atoms with Crippen LogP contribution in [0.15, 0.2) is 43.0 Å². The van der Waals surface area contributed by atoms with Crippen molar-refractivity contribution in [3.8, 4) is 0 Å². The van der Waals surface area contributed by atoms with Gasteiger partial charge in [0.2, 0.25) is 0 Å². The van der Waals surface area contributed by atoms with Crippen molar-refractivity contribution in [3.63, 3.8) is 0 Å². The van der Waals surface area contributed by atoms with Crippen molar-refractivity contribution in [1.29, 1.82) is 0 Å². The first kappa shape index (κ1) is 8.60. The maximum absolute atomic E-state index is 5.76. The first-order valence-corrected chi connectivity index (χ1v) is 3.82. The lowest BCUT2D eigenvalue weighted by atomic mass is 10.0. The van der Waals surface area contributed by atoms with Crippen LogP contribution in [-0.2, 0) is 0 Å². The molecule has 0 spiro atoms. The largest absolute Gasteiger partial charge is 0.398 e. The summed E-state index contributed by atoms with van der Waals surface area (Å²) >= 11 is 0. The van der Waals surface area contributed by atoms with Crippen molar-refractivity contribution < 1.29 is 0 Å². The molecular formula is C11H13N. The molecule has 1 aromatic carbocycles. The molecular weight excluding hydrogens is 146 g/mol. The highest BCUT2D eigenvalue weighted by Crippen LogP contribution is 2.24. The van der Waals surface area contributed by atoms with Crippen molar-refractivity contribution in [2.24, 2.45) is 0 Å². The van der Waals surface area contributed by atoms with Gasteiger partial charge in [-0.25, -0.2) is 0 Å². The highest BCUT2D eigenvalue weighted by molar-refractivity contribution is 5.82. The zero-order chi connectivity index (χ0) is 9.14. The van der Waals surface area contributed by atoms with Gasteiger partial charge in [-0.1, -0.05) is 36.9 Å². The Morgan fingerprint density at radius 3 is 2.33 bits per heavy atom. The van der Waals surface area contributed by atoms with Crippen LogP contribution in [0.5, 0.6) is 0 Å². The first-order chi connectivity index (χ1) is 5.63. The number of nitrogen functional groups attached to an aromatic ring is 1. The van der Waals surface area contributed by atoms with Gasteiger partial charge in [-0.2, -0.15) is 0 Å². The van der Waals surface area contributed by atoms with Crippen LogP contribution in [0.1, 0.15) is 12.5 Å². The lowest BCUT2D eigenvalue weighted by molar-refractivity contribution is 1.52. The van der Waals surface area contributed by atoms with Gasteiger partial charge in [-0.15, -0.1) is 0 Å². The Balaban J connectivity index is 3.11. The van der Waals surface area contributed by atoms with Crippen LogP contribution in [0.2, 0.25) is 0 Å². The Bertz CT molecular complexity index is 324. The molecule has 0 aliphatic carbocycles. The maximum Gasteiger partial charge on any atom is 0.0393 e. The molecule has 0 fully saturated rings. The number of anilines is 1. The predicted molar refractivity (Wildman–Crippen MR) is 54.7 cm³/mol. The van der Waals surface area contributed by atoms with Crippen molar-refractivity contribution in [3.05, 3.63) is 48.6 Å². The molecule has 12 heavy (non-hydrogen) atoms. The van der Waals surface area contributed by atoms with E-state index in [1.54, 1.807) is 0 Å². The monoisotopic (exact) mass is 159 g/mol. The van der Waals surface area contributed by atoms with Gasteiger partial charge in [-0.05, 0) is 18.6 Å². The maximum atomic E-state index is 5.76. The van der Waals surface area contributed by atoms with Crippen molar-refractivity contribution >= 4 is 11.3 Å². The van der Waals surface area contributed by atoms with Crippen LogP contribution in [-0.4, -0.2) is 0 Å². The second-order valence-electron chi connectivity index (χ2n) is 2.85. The fourth-order valence-corrected chi connectivity index (χ4v) is 1.00. The third-order valence-corrected chi connectivity index (χ3v) is 1.80. The summed E-state index contributed by atoms with van der Waals surface area (Å²) in [5, 5.41) is 0. The van der Waals surface area contributed by atoms with E-state index in [4.69, 9.17) is 5.73 Å². The van der Waals surface area contributed by atoms with Crippen LogP contribution in [0.25, 0.3) is 5.57 Å². The molecule has 1 aromatic rings. The van der Waals surface area contributed by atoms with E-state index in [1.807, 2.05) is 31.2 Å². The van der Waals surface area contributed by atoms with Crippen LogP contribution in [0, 0.1) is 0 Å². The molecule has 0 saturated heterocycles. The molecule has 0 aliphatic rings. The van der Waals surface area contributed by atoms with Gasteiger partial charge >= 0.3 is 0 Å². The third kappa shape index (κ3) is 1.56. The van der Waals surface area contributed by atoms with E-state index in [1.165, 1.54) is 0 Å². The normalized spacial score (nSPS) is 9.42. The number of nitrogens with two attached hydrogens (primary N) is 1. The lowest BCUT2D eigenvalue weighted by Crippen LogP contribution is -1.92. The van der Waals surface area contributed by atoms with Gasteiger partial charge in [0.1, 0.15) is 0 Å². The van der Waals surface area contributed by atoms with Gasteiger partial charge in [0.05, 0.1) is 0 Å². The molecule has 1 rings (SSSR count). The van der Waals surface area contributed by atoms with Crippen LogP contribution < -0.4 is 5.73 Å². The van der Waals surface area contributed by atoms with E-state index in [9.17, 15) is 0 Å². The van der Waals surface area contributed by atoms with E-state index < -0.39 is 0 Å². The Morgan fingerprint density at radius 1 is 1.25 bits per heavy atom. The van der Waals surface area contributed by atoms with Gasteiger partial charge in [0, 0.05) is 11.3 Å². The molecule has 1 heteroatoms. The third-order valence-electron chi connectivity index (χ3n) is 1.80. The Kier molecular flexibility index (Phi) is 2.34. The summed E-state index contributed by atoms with van der Waals surface area (Å²) in [6.45, 7) is 9.65. The number of para-hydroxylation sites is 1. The van der Waals surface area contributed by atoms with Crippen molar-refractivity contribution in [2.45, 2.75) is 6.92 Å². The molecule has 0 aliphatic heterocycles. The zero-order valence-electron chi connectivity index (χ0n) is 7.30. The molecule has 2 N–H and O–H groups in total. The molecule has 0 saturated carbocycles. The summed E-state index contributed by atoms with van der Waals surface area (Å²) in [5.74, 6) is 0. The summed E-state index contributed by atoms with van der Waals surface area (Å²) in [6, 6.07) is 7.67. The zero-order valence-corrected chi connectivity index (χ0v) is 7.30. The van der Waals surface area contributed by atoms with E-state index in [2.05, 4.69) is 13.2 Å². The topological polar surface area (TPSA) is 26.0 Å². The predicted octanol–water partition coefficient (Wildman–Crippen LogP) is 2.86. The fraction of sp³-hybridized carbons (Fsp3) is 0.0909. The Hall–Kier alpha value is -1.50. The van der Waals surface area contributed by atoms with Gasteiger partial charge < -0.3 is 5.73 Å². The number of benzene rings is 1. The second kappa shape index (κ2) is 3.26. The van der Waals surface area contributed by atoms with Crippen LogP contribution in [0.3, 0.4) is 0 Å².